The number of imide groups is 1. The zero-order valence-electron chi connectivity index (χ0n) is 15.1. The van der Waals surface area contributed by atoms with E-state index in [4.69, 9.17) is 16.3 Å². The number of nitrogens with one attached hydrogen (secondary N) is 1. The lowest BCUT2D eigenvalue weighted by Crippen LogP contribution is -2.56. The summed E-state index contributed by atoms with van der Waals surface area (Å²) in [6, 6.07) is 6.67. The number of hydrogen-bond donors (Lipinski definition) is 1. The minimum Gasteiger partial charge on any atom is -0.465 e. The maximum atomic E-state index is 13.0. The van der Waals surface area contributed by atoms with Crippen LogP contribution in [0, 0.1) is 11.8 Å². The van der Waals surface area contributed by atoms with Crippen molar-refractivity contribution in [3.63, 3.8) is 0 Å². The van der Waals surface area contributed by atoms with Crippen LogP contribution in [0.4, 0.5) is 0 Å². The predicted octanol–water partition coefficient (Wildman–Crippen LogP) is 2.32. The highest BCUT2D eigenvalue weighted by molar-refractivity contribution is 6.30. The average Bonchev–Trinajstić information content (AvgIpc) is 3.11. The fourth-order valence-corrected chi connectivity index (χ4v) is 4.37. The molecule has 26 heavy (non-hydrogen) atoms. The van der Waals surface area contributed by atoms with Crippen LogP contribution >= 0.6 is 11.6 Å². The van der Waals surface area contributed by atoms with Crippen molar-refractivity contribution in [2.24, 2.45) is 11.8 Å². The molecule has 1 aromatic carbocycles. The number of hydrogen-bond acceptors (Lipinski definition) is 5. The fraction of sp³-hybridized carbons (Fsp3) is 0.526. The highest BCUT2D eigenvalue weighted by Crippen LogP contribution is 2.50. The van der Waals surface area contributed by atoms with Crippen molar-refractivity contribution in [2.75, 3.05) is 13.2 Å². The van der Waals surface area contributed by atoms with Gasteiger partial charge in [-0.1, -0.05) is 30.7 Å². The first kappa shape index (κ1) is 18.9. The van der Waals surface area contributed by atoms with E-state index in [0.717, 1.165) is 5.56 Å². The second-order valence-electron chi connectivity index (χ2n) is 6.64. The van der Waals surface area contributed by atoms with Gasteiger partial charge >= 0.3 is 5.97 Å². The number of nitrogens with zero attached hydrogens (tertiary/aromatic N) is 1. The summed E-state index contributed by atoms with van der Waals surface area (Å²) in [4.78, 5) is 40.0. The van der Waals surface area contributed by atoms with Crippen molar-refractivity contribution >= 4 is 29.4 Å². The molecule has 3 rings (SSSR count). The van der Waals surface area contributed by atoms with Crippen LogP contribution in [0.5, 0.6) is 0 Å². The Morgan fingerprint density at radius 3 is 2.38 bits per heavy atom. The van der Waals surface area contributed by atoms with Crippen molar-refractivity contribution < 1.29 is 19.1 Å². The highest BCUT2D eigenvalue weighted by Gasteiger charge is 2.67. The van der Waals surface area contributed by atoms with E-state index in [1.165, 1.54) is 4.90 Å². The molecule has 4 atom stereocenters. The van der Waals surface area contributed by atoms with Crippen molar-refractivity contribution in [3.05, 3.63) is 34.9 Å². The minimum atomic E-state index is -1.21. The van der Waals surface area contributed by atoms with Crippen LogP contribution in [0.3, 0.4) is 0 Å². The summed E-state index contributed by atoms with van der Waals surface area (Å²) in [6.45, 7) is 5.83. The quantitative estimate of drug-likeness (QED) is 0.628. The van der Waals surface area contributed by atoms with Gasteiger partial charge < -0.3 is 4.74 Å². The summed E-state index contributed by atoms with van der Waals surface area (Å²) < 4.78 is 5.28. The molecule has 0 unspecified atom stereocenters. The molecule has 1 aromatic rings. The Hall–Kier alpha value is -1.92. The number of amides is 2. The Kier molecular flexibility index (Phi) is 5.08. The lowest BCUT2D eigenvalue weighted by molar-refractivity contribution is -0.156. The SMILES string of the molecule is CCOC(=O)[C@@]1(CC)N[C@@H](c2ccc(Cl)cc2)[C@H]2C(=O)N(CC)C(=O)[C@H]21. The molecule has 2 aliphatic heterocycles. The lowest BCUT2D eigenvalue weighted by Gasteiger charge is -2.31. The molecule has 0 aromatic heterocycles. The third-order valence-electron chi connectivity index (χ3n) is 5.49. The fourth-order valence-electron chi connectivity index (χ4n) is 4.25. The first-order valence-electron chi connectivity index (χ1n) is 8.96. The van der Waals surface area contributed by atoms with Crippen LogP contribution in [0.15, 0.2) is 24.3 Å². The number of ether oxygens (including phenoxy) is 1. The molecule has 7 heteroatoms. The molecule has 6 nitrogen and oxygen atoms in total. The van der Waals surface area contributed by atoms with Gasteiger partial charge in [-0.25, -0.2) is 0 Å². The van der Waals surface area contributed by atoms with Crippen LogP contribution in [-0.2, 0) is 19.1 Å². The van der Waals surface area contributed by atoms with Gasteiger partial charge in [-0.2, -0.15) is 0 Å². The largest absolute Gasteiger partial charge is 0.465 e. The van der Waals surface area contributed by atoms with Gasteiger partial charge in [-0.3, -0.25) is 24.6 Å². The molecule has 2 heterocycles. The molecule has 0 saturated carbocycles. The van der Waals surface area contributed by atoms with Gasteiger partial charge in [0.05, 0.1) is 18.4 Å². The minimum absolute atomic E-state index is 0.213. The molecule has 2 aliphatic rings. The zero-order chi connectivity index (χ0) is 19.1. The smallest absolute Gasteiger partial charge is 0.327 e. The standard InChI is InChI=1S/C19H23ClN2O4/c1-4-19(18(25)26-6-3)14-13(16(23)22(5-2)17(14)24)15(21-19)11-7-9-12(20)10-8-11/h7-10,13-15,21H,4-6H2,1-3H3/t13-,14-,15-,19-/m0/s1. The van der Waals surface area contributed by atoms with Gasteiger partial charge in [0.25, 0.3) is 0 Å². The summed E-state index contributed by atoms with van der Waals surface area (Å²) in [6.07, 6.45) is 0.355. The van der Waals surface area contributed by atoms with E-state index in [1.54, 1.807) is 26.0 Å². The summed E-state index contributed by atoms with van der Waals surface area (Å²) in [5.74, 6) is -2.42. The second kappa shape index (κ2) is 7.00. The van der Waals surface area contributed by atoms with E-state index in [2.05, 4.69) is 5.32 Å². The molecule has 2 amide bonds. The Morgan fingerprint density at radius 1 is 1.19 bits per heavy atom. The number of fused-ring (bicyclic) bond motifs is 1. The van der Waals surface area contributed by atoms with Gasteiger partial charge in [0.1, 0.15) is 5.54 Å². The van der Waals surface area contributed by atoms with E-state index < -0.39 is 29.4 Å². The lowest BCUT2D eigenvalue weighted by atomic mass is 9.78. The molecule has 0 radical (unpaired) electrons. The Balaban J connectivity index is 2.11. The third-order valence-corrected chi connectivity index (χ3v) is 5.74. The number of benzene rings is 1. The molecule has 0 spiro atoms. The molecule has 2 saturated heterocycles. The molecule has 140 valence electrons. The molecule has 0 aliphatic carbocycles. The Morgan fingerprint density at radius 2 is 1.85 bits per heavy atom. The van der Waals surface area contributed by atoms with Crippen molar-refractivity contribution in [3.8, 4) is 0 Å². The first-order chi connectivity index (χ1) is 12.4. The van der Waals surface area contributed by atoms with E-state index >= 15 is 0 Å². The Labute approximate surface area is 157 Å². The van der Waals surface area contributed by atoms with E-state index in [0.29, 0.717) is 18.0 Å². The molecule has 2 fully saturated rings. The highest BCUT2D eigenvalue weighted by atomic mass is 35.5. The first-order valence-corrected chi connectivity index (χ1v) is 9.34. The molecular formula is C19H23ClN2O4. The third kappa shape index (κ3) is 2.63. The van der Waals surface area contributed by atoms with Gasteiger partial charge in [-0.15, -0.1) is 0 Å². The van der Waals surface area contributed by atoms with Crippen LogP contribution in [0.25, 0.3) is 0 Å². The summed E-state index contributed by atoms with van der Waals surface area (Å²) >= 11 is 5.98. The molecule has 0 bridgehead atoms. The van der Waals surface area contributed by atoms with E-state index in [1.807, 2.05) is 19.1 Å². The molecule has 1 N–H and O–H groups in total. The zero-order valence-corrected chi connectivity index (χ0v) is 15.9. The number of carbonyl (C=O) groups is 3. The average molecular weight is 379 g/mol. The van der Waals surface area contributed by atoms with Crippen LogP contribution < -0.4 is 5.32 Å². The monoisotopic (exact) mass is 378 g/mol. The number of esters is 1. The summed E-state index contributed by atoms with van der Waals surface area (Å²) in [5.41, 5.74) is -0.384. The summed E-state index contributed by atoms with van der Waals surface area (Å²) in [7, 11) is 0. The maximum Gasteiger partial charge on any atom is 0.327 e. The van der Waals surface area contributed by atoms with Crippen LogP contribution in [0.2, 0.25) is 5.02 Å². The number of rotatable bonds is 5. The summed E-state index contributed by atoms with van der Waals surface area (Å²) in [5, 5.41) is 3.88. The number of likely N-dealkylation sites (tertiary alicyclic amines) is 1. The van der Waals surface area contributed by atoms with Gasteiger partial charge in [0.15, 0.2) is 0 Å². The van der Waals surface area contributed by atoms with Gasteiger partial charge in [0, 0.05) is 17.6 Å². The number of halogens is 1. The van der Waals surface area contributed by atoms with Gasteiger partial charge in [0.2, 0.25) is 11.8 Å². The van der Waals surface area contributed by atoms with Crippen LogP contribution in [-0.4, -0.2) is 41.4 Å². The van der Waals surface area contributed by atoms with Crippen molar-refractivity contribution in [1.82, 2.24) is 10.2 Å². The second-order valence-corrected chi connectivity index (χ2v) is 7.08. The maximum absolute atomic E-state index is 13.0. The van der Waals surface area contributed by atoms with Crippen LogP contribution in [0.1, 0.15) is 38.8 Å². The van der Waals surface area contributed by atoms with Crippen molar-refractivity contribution in [2.45, 2.75) is 38.8 Å². The molecular weight excluding hydrogens is 356 g/mol. The predicted molar refractivity (Wildman–Crippen MR) is 96.4 cm³/mol. The van der Waals surface area contributed by atoms with E-state index in [-0.39, 0.29) is 18.4 Å². The number of carbonyl (C=O) groups excluding carboxylic acids is 3. The topological polar surface area (TPSA) is 75.7 Å². The normalized spacial score (nSPS) is 30.6. The van der Waals surface area contributed by atoms with Gasteiger partial charge in [-0.05, 0) is 38.0 Å². The Bertz CT molecular complexity index is 736. The van der Waals surface area contributed by atoms with E-state index in [9.17, 15) is 14.4 Å². The van der Waals surface area contributed by atoms with Crippen molar-refractivity contribution in [1.29, 1.82) is 0 Å².